The van der Waals surface area contributed by atoms with E-state index in [0.29, 0.717) is 34.7 Å². The van der Waals surface area contributed by atoms with Crippen molar-refractivity contribution >= 4 is 39.1 Å². The van der Waals surface area contributed by atoms with Crippen LogP contribution in [-0.4, -0.2) is 43.8 Å². The van der Waals surface area contributed by atoms with Crippen LogP contribution in [0.1, 0.15) is 50.3 Å². The molecule has 7 nitrogen and oxygen atoms in total. The molecule has 0 saturated carbocycles. The van der Waals surface area contributed by atoms with Crippen molar-refractivity contribution in [3.05, 3.63) is 94.3 Å². The average Bonchev–Trinajstić information content (AvgIpc) is 2.93. The van der Waals surface area contributed by atoms with Gasteiger partial charge in [-0.2, -0.15) is 0 Å². The Morgan fingerprint density at radius 3 is 2.15 bits per heavy atom. The Kier molecular flexibility index (Phi) is 10.9. The summed E-state index contributed by atoms with van der Waals surface area (Å²) < 4.78 is 42.7. The number of rotatable bonds is 12. The molecule has 1 N–H and O–H groups in total. The van der Waals surface area contributed by atoms with E-state index in [4.69, 9.17) is 11.6 Å². The number of nitrogens with zero attached hydrogens (tertiary/aromatic N) is 2. The fraction of sp³-hybridized carbons (Fsp3) is 0.355. The maximum absolute atomic E-state index is 14.1. The van der Waals surface area contributed by atoms with Crippen LogP contribution in [0.2, 0.25) is 5.02 Å². The van der Waals surface area contributed by atoms with E-state index < -0.39 is 34.3 Å². The Morgan fingerprint density at radius 2 is 1.59 bits per heavy atom. The number of hydrogen-bond donors (Lipinski definition) is 1. The number of halogens is 2. The molecule has 0 aliphatic rings. The summed E-state index contributed by atoms with van der Waals surface area (Å²) in [4.78, 5) is 28.8. The minimum absolute atomic E-state index is 0.0104. The molecule has 220 valence electrons. The first-order valence-corrected chi connectivity index (χ1v) is 15.4. The van der Waals surface area contributed by atoms with Gasteiger partial charge in [0.05, 0.1) is 10.6 Å². The molecule has 3 aromatic carbocycles. The summed E-state index contributed by atoms with van der Waals surface area (Å²) in [5.74, 6) is -1.35. The summed E-state index contributed by atoms with van der Waals surface area (Å²) in [7, 11) is -4.20. The average molecular weight is 602 g/mol. The van der Waals surface area contributed by atoms with Gasteiger partial charge in [-0.05, 0) is 87.2 Å². The molecule has 0 saturated heterocycles. The Hall–Kier alpha value is -3.43. The molecular formula is C31H37ClFN3O4S. The highest BCUT2D eigenvalue weighted by molar-refractivity contribution is 7.92. The second-order valence-corrected chi connectivity index (χ2v) is 12.4. The van der Waals surface area contributed by atoms with Crippen molar-refractivity contribution < 1.29 is 22.4 Å². The van der Waals surface area contributed by atoms with Crippen LogP contribution in [0.5, 0.6) is 0 Å². The van der Waals surface area contributed by atoms with Crippen molar-refractivity contribution in [1.82, 2.24) is 10.2 Å². The largest absolute Gasteiger partial charge is 0.352 e. The van der Waals surface area contributed by atoms with Crippen LogP contribution in [0.25, 0.3) is 0 Å². The summed E-state index contributed by atoms with van der Waals surface area (Å²) in [6.45, 7) is 8.59. The van der Waals surface area contributed by atoms with Crippen molar-refractivity contribution in [3.8, 4) is 0 Å². The standard InChI is InChI=1S/C31H37ClFN3O4S/c1-6-23(5)34-31(38)28(7-2)35(19-24-10-13-26(33)14-11-24)30(37)20-36(29-17-12-25(32)18-22(29)4)41(39,40)27-15-8-21(3)9-16-27/h8-18,23,28H,6-7,19-20H2,1-5H3,(H,34,38)/t23-,28-/m0/s1. The Balaban J connectivity index is 2.09. The number of carbonyl (C=O) groups is 2. The third kappa shape index (κ3) is 8.07. The van der Waals surface area contributed by atoms with Crippen molar-refractivity contribution in [3.63, 3.8) is 0 Å². The molecular weight excluding hydrogens is 565 g/mol. The molecule has 0 fully saturated rings. The topological polar surface area (TPSA) is 86.8 Å². The van der Waals surface area contributed by atoms with E-state index in [1.165, 1.54) is 29.2 Å². The van der Waals surface area contributed by atoms with Gasteiger partial charge in [-0.15, -0.1) is 0 Å². The molecule has 0 aliphatic carbocycles. The minimum atomic E-state index is -4.20. The van der Waals surface area contributed by atoms with Crippen LogP contribution in [-0.2, 0) is 26.2 Å². The van der Waals surface area contributed by atoms with Crippen molar-refractivity contribution in [2.45, 2.75) is 71.0 Å². The highest BCUT2D eigenvalue weighted by Crippen LogP contribution is 2.29. The van der Waals surface area contributed by atoms with Crippen molar-refractivity contribution in [2.75, 3.05) is 10.8 Å². The number of anilines is 1. The molecule has 2 amide bonds. The van der Waals surface area contributed by atoms with Gasteiger partial charge in [0.25, 0.3) is 10.0 Å². The van der Waals surface area contributed by atoms with Crippen molar-refractivity contribution in [2.24, 2.45) is 0 Å². The van der Waals surface area contributed by atoms with Gasteiger partial charge in [-0.3, -0.25) is 13.9 Å². The number of hydrogen-bond acceptors (Lipinski definition) is 4. The van der Waals surface area contributed by atoms with E-state index in [-0.39, 0.29) is 23.4 Å². The number of amides is 2. The maximum Gasteiger partial charge on any atom is 0.264 e. The normalized spacial score (nSPS) is 12.9. The molecule has 0 spiro atoms. The van der Waals surface area contributed by atoms with Crippen LogP contribution in [0.3, 0.4) is 0 Å². The number of benzene rings is 3. The van der Waals surface area contributed by atoms with E-state index in [1.807, 2.05) is 20.8 Å². The molecule has 3 aromatic rings. The predicted molar refractivity (Wildman–Crippen MR) is 161 cm³/mol. The Morgan fingerprint density at radius 1 is 0.951 bits per heavy atom. The molecule has 0 radical (unpaired) electrons. The van der Waals surface area contributed by atoms with Crippen LogP contribution in [0.15, 0.2) is 71.6 Å². The van der Waals surface area contributed by atoms with E-state index >= 15 is 0 Å². The summed E-state index contributed by atoms with van der Waals surface area (Å²) in [5, 5.41) is 3.36. The summed E-state index contributed by atoms with van der Waals surface area (Å²) >= 11 is 6.16. The molecule has 0 unspecified atom stereocenters. The number of nitrogens with one attached hydrogen (secondary N) is 1. The first kappa shape index (κ1) is 32.1. The predicted octanol–water partition coefficient (Wildman–Crippen LogP) is 6.01. The maximum atomic E-state index is 14.1. The van der Waals surface area contributed by atoms with E-state index in [9.17, 15) is 22.4 Å². The van der Waals surface area contributed by atoms with Crippen LogP contribution in [0, 0.1) is 19.7 Å². The molecule has 0 aliphatic heterocycles. The zero-order chi connectivity index (χ0) is 30.3. The Bertz CT molecular complexity index is 1460. The van der Waals surface area contributed by atoms with E-state index in [1.54, 1.807) is 56.3 Å². The second-order valence-electron chi connectivity index (χ2n) is 10.1. The quantitative estimate of drug-likeness (QED) is 0.275. The van der Waals surface area contributed by atoms with Crippen molar-refractivity contribution in [1.29, 1.82) is 0 Å². The van der Waals surface area contributed by atoms with Crippen LogP contribution in [0.4, 0.5) is 10.1 Å². The fourth-order valence-electron chi connectivity index (χ4n) is 4.40. The smallest absolute Gasteiger partial charge is 0.264 e. The number of aryl methyl sites for hydroxylation is 2. The zero-order valence-corrected chi connectivity index (χ0v) is 25.6. The lowest BCUT2D eigenvalue weighted by Gasteiger charge is -2.34. The lowest BCUT2D eigenvalue weighted by molar-refractivity contribution is -0.140. The Labute approximate surface area is 247 Å². The lowest BCUT2D eigenvalue weighted by Crippen LogP contribution is -2.53. The number of carbonyl (C=O) groups excluding carboxylic acids is 2. The van der Waals surface area contributed by atoms with E-state index in [2.05, 4.69) is 5.32 Å². The summed E-state index contributed by atoms with van der Waals surface area (Å²) in [6, 6.07) is 15.8. The highest BCUT2D eigenvalue weighted by Gasteiger charge is 2.34. The molecule has 0 bridgehead atoms. The van der Waals surface area contributed by atoms with Gasteiger partial charge >= 0.3 is 0 Å². The molecule has 0 aromatic heterocycles. The van der Waals surface area contributed by atoms with Gasteiger partial charge < -0.3 is 10.2 Å². The third-order valence-electron chi connectivity index (χ3n) is 6.97. The molecule has 2 atom stereocenters. The second kappa shape index (κ2) is 14.0. The first-order valence-electron chi connectivity index (χ1n) is 13.6. The highest BCUT2D eigenvalue weighted by atomic mass is 35.5. The van der Waals surface area contributed by atoms with Crippen LogP contribution < -0.4 is 9.62 Å². The zero-order valence-electron chi connectivity index (χ0n) is 24.0. The molecule has 3 rings (SSSR count). The third-order valence-corrected chi connectivity index (χ3v) is 8.98. The molecule has 41 heavy (non-hydrogen) atoms. The first-order chi connectivity index (χ1) is 19.4. The van der Waals surface area contributed by atoms with Gasteiger partial charge in [0.2, 0.25) is 11.8 Å². The lowest BCUT2D eigenvalue weighted by atomic mass is 10.1. The summed E-state index contributed by atoms with van der Waals surface area (Å²) in [6.07, 6.45) is 0.992. The fourth-order valence-corrected chi connectivity index (χ4v) is 6.10. The van der Waals surface area contributed by atoms with Gasteiger partial charge in [0, 0.05) is 17.6 Å². The monoisotopic (exact) mass is 601 g/mol. The number of sulfonamides is 1. The van der Waals surface area contributed by atoms with Gasteiger partial charge in [-0.1, -0.05) is 55.3 Å². The SMILES string of the molecule is CC[C@H](C)NC(=O)[C@H](CC)N(Cc1ccc(F)cc1)C(=O)CN(c1ccc(Cl)cc1C)S(=O)(=O)c1ccc(C)cc1. The molecule has 10 heteroatoms. The minimum Gasteiger partial charge on any atom is -0.352 e. The van der Waals surface area contributed by atoms with Gasteiger partial charge in [-0.25, -0.2) is 12.8 Å². The van der Waals surface area contributed by atoms with Crippen LogP contribution >= 0.6 is 11.6 Å². The molecule has 0 heterocycles. The van der Waals surface area contributed by atoms with Gasteiger partial charge in [0.1, 0.15) is 18.4 Å². The summed E-state index contributed by atoms with van der Waals surface area (Å²) in [5.41, 5.74) is 2.35. The van der Waals surface area contributed by atoms with Gasteiger partial charge in [0.15, 0.2) is 0 Å². The van der Waals surface area contributed by atoms with E-state index in [0.717, 1.165) is 9.87 Å².